The normalized spacial score (nSPS) is 12.5. The first-order chi connectivity index (χ1) is 8.86. The summed E-state index contributed by atoms with van der Waals surface area (Å²) in [4.78, 5) is 4.36. The maximum Gasteiger partial charge on any atom is 0.0705 e. The Labute approximate surface area is 106 Å². The fourth-order valence-corrected chi connectivity index (χ4v) is 2.23. The van der Waals surface area contributed by atoms with Gasteiger partial charge < -0.3 is 5.73 Å². The van der Waals surface area contributed by atoms with Crippen molar-refractivity contribution in [2.45, 2.75) is 6.04 Å². The maximum atomic E-state index is 6.35. The summed E-state index contributed by atoms with van der Waals surface area (Å²) in [6, 6.07) is 20.1. The summed E-state index contributed by atoms with van der Waals surface area (Å²) in [7, 11) is 0. The van der Waals surface area contributed by atoms with E-state index in [2.05, 4.69) is 23.2 Å². The number of hydrogen-bond acceptors (Lipinski definition) is 2. The van der Waals surface area contributed by atoms with E-state index in [1.54, 1.807) is 0 Å². The van der Waals surface area contributed by atoms with Crippen molar-refractivity contribution in [2.75, 3.05) is 0 Å². The van der Waals surface area contributed by atoms with Crippen molar-refractivity contribution in [1.29, 1.82) is 0 Å². The van der Waals surface area contributed by atoms with Crippen LogP contribution < -0.4 is 5.73 Å². The zero-order valence-corrected chi connectivity index (χ0v) is 9.95. The standard InChI is InChI=1S/C16H14N2/c17-16(12-6-2-1-3-7-12)14-10-11-18-15-9-5-4-8-13(14)15/h1-11,16H,17H2. The number of nitrogens with two attached hydrogens (primary N) is 1. The van der Waals surface area contributed by atoms with Crippen LogP contribution in [0.4, 0.5) is 0 Å². The average molecular weight is 234 g/mol. The highest BCUT2D eigenvalue weighted by atomic mass is 14.7. The molecule has 18 heavy (non-hydrogen) atoms. The number of hydrogen-bond donors (Lipinski definition) is 1. The van der Waals surface area contributed by atoms with Gasteiger partial charge in [-0.05, 0) is 23.3 Å². The van der Waals surface area contributed by atoms with Gasteiger partial charge in [0.15, 0.2) is 0 Å². The molecule has 88 valence electrons. The predicted octanol–water partition coefficient (Wildman–Crippen LogP) is 3.28. The Bertz CT molecular complexity index is 657. The van der Waals surface area contributed by atoms with Gasteiger partial charge in [-0.3, -0.25) is 4.98 Å². The van der Waals surface area contributed by atoms with Gasteiger partial charge in [0.2, 0.25) is 0 Å². The fourth-order valence-electron chi connectivity index (χ4n) is 2.23. The average Bonchev–Trinajstić information content (AvgIpc) is 2.47. The third-order valence-corrected chi connectivity index (χ3v) is 3.18. The molecule has 3 aromatic rings. The summed E-state index contributed by atoms with van der Waals surface area (Å²) in [5.74, 6) is 0. The molecular weight excluding hydrogens is 220 g/mol. The summed E-state index contributed by atoms with van der Waals surface area (Å²) >= 11 is 0. The zero-order chi connectivity index (χ0) is 12.4. The second kappa shape index (κ2) is 4.59. The maximum absolute atomic E-state index is 6.35. The van der Waals surface area contributed by atoms with Crippen LogP contribution in [0.25, 0.3) is 10.9 Å². The molecule has 1 heterocycles. The van der Waals surface area contributed by atoms with Crippen molar-refractivity contribution in [3.8, 4) is 0 Å². The molecule has 0 saturated carbocycles. The van der Waals surface area contributed by atoms with Gasteiger partial charge in [-0.25, -0.2) is 0 Å². The second-order valence-electron chi connectivity index (χ2n) is 4.31. The largest absolute Gasteiger partial charge is 0.320 e. The third-order valence-electron chi connectivity index (χ3n) is 3.18. The Morgan fingerprint density at radius 3 is 2.39 bits per heavy atom. The van der Waals surface area contributed by atoms with Crippen LogP contribution in [0.15, 0.2) is 66.9 Å². The van der Waals surface area contributed by atoms with E-state index < -0.39 is 0 Å². The number of aromatic nitrogens is 1. The minimum absolute atomic E-state index is 0.112. The second-order valence-corrected chi connectivity index (χ2v) is 4.31. The summed E-state index contributed by atoms with van der Waals surface area (Å²) in [5.41, 5.74) is 9.58. The first kappa shape index (κ1) is 10.9. The number of benzene rings is 2. The van der Waals surface area contributed by atoms with E-state index in [4.69, 9.17) is 5.73 Å². The van der Waals surface area contributed by atoms with Crippen molar-refractivity contribution in [2.24, 2.45) is 5.73 Å². The number of fused-ring (bicyclic) bond motifs is 1. The Balaban J connectivity index is 2.15. The van der Waals surface area contributed by atoms with Crippen molar-refractivity contribution in [1.82, 2.24) is 4.98 Å². The summed E-state index contributed by atoms with van der Waals surface area (Å²) in [5, 5.41) is 1.12. The van der Waals surface area contributed by atoms with Gasteiger partial charge in [-0.1, -0.05) is 48.5 Å². The van der Waals surface area contributed by atoms with Gasteiger partial charge in [0.25, 0.3) is 0 Å². The highest BCUT2D eigenvalue weighted by molar-refractivity contribution is 5.82. The number of para-hydroxylation sites is 1. The molecule has 0 aliphatic carbocycles. The molecule has 2 aromatic carbocycles. The van der Waals surface area contributed by atoms with Crippen LogP contribution in [0.1, 0.15) is 17.2 Å². The van der Waals surface area contributed by atoms with E-state index in [9.17, 15) is 0 Å². The lowest BCUT2D eigenvalue weighted by Gasteiger charge is -2.14. The molecule has 0 aliphatic rings. The highest BCUT2D eigenvalue weighted by Crippen LogP contribution is 2.25. The van der Waals surface area contributed by atoms with Gasteiger partial charge in [0.05, 0.1) is 11.6 Å². The minimum atomic E-state index is -0.112. The van der Waals surface area contributed by atoms with E-state index in [0.717, 1.165) is 22.0 Å². The molecule has 0 saturated heterocycles. The summed E-state index contributed by atoms with van der Waals surface area (Å²) < 4.78 is 0. The van der Waals surface area contributed by atoms with Crippen molar-refractivity contribution in [3.05, 3.63) is 78.0 Å². The molecule has 2 nitrogen and oxygen atoms in total. The zero-order valence-electron chi connectivity index (χ0n) is 9.95. The Morgan fingerprint density at radius 1 is 0.833 bits per heavy atom. The number of nitrogens with zero attached hydrogens (tertiary/aromatic N) is 1. The lowest BCUT2D eigenvalue weighted by atomic mass is 9.97. The topological polar surface area (TPSA) is 38.9 Å². The molecule has 0 radical (unpaired) electrons. The highest BCUT2D eigenvalue weighted by Gasteiger charge is 2.11. The van der Waals surface area contributed by atoms with E-state index in [1.807, 2.05) is 48.7 Å². The molecule has 0 bridgehead atoms. The molecule has 1 aromatic heterocycles. The smallest absolute Gasteiger partial charge is 0.0705 e. The van der Waals surface area contributed by atoms with Crippen LogP contribution in [0, 0.1) is 0 Å². The third kappa shape index (κ3) is 1.87. The Kier molecular flexibility index (Phi) is 2.79. The summed E-state index contributed by atoms with van der Waals surface area (Å²) in [6.07, 6.45) is 1.82. The molecule has 0 amide bonds. The Morgan fingerprint density at radius 2 is 1.56 bits per heavy atom. The Hall–Kier alpha value is -2.19. The monoisotopic (exact) mass is 234 g/mol. The van der Waals surface area contributed by atoms with E-state index in [1.165, 1.54) is 0 Å². The molecule has 1 unspecified atom stereocenters. The van der Waals surface area contributed by atoms with Gasteiger partial charge >= 0.3 is 0 Å². The number of rotatable bonds is 2. The van der Waals surface area contributed by atoms with E-state index >= 15 is 0 Å². The minimum Gasteiger partial charge on any atom is -0.320 e. The van der Waals surface area contributed by atoms with Gasteiger partial charge in [0.1, 0.15) is 0 Å². The van der Waals surface area contributed by atoms with Gasteiger partial charge in [0, 0.05) is 11.6 Å². The first-order valence-electron chi connectivity index (χ1n) is 6.00. The molecule has 3 rings (SSSR count). The number of pyridine rings is 1. The van der Waals surface area contributed by atoms with Crippen LogP contribution in [0.2, 0.25) is 0 Å². The van der Waals surface area contributed by atoms with Gasteiger partial charge in [-0.15, -0.1) is 0 Å². The quantitative estimate of drug-likeness (QED) is 0.739. The lowest BCUT2D eigenvalue weighted by molar-refractivity contribution is 0.879. The van der Waals surface area contributed by atoms with E-state index in [-0.39, 0.29) is 6.04 Å². The fraction of sp³-hybridized carbons (Fsp3) is 0.0625. The molecule has 0 spiro atoms. The summed E-state index contributed by atoms with van der Waals surface area (Å²) in [6.45, 7) is 0. The molecule has 2 heteroatoms. The van der Waals surface area contributed by atoms with Crippen LogP contribution in [-0.4, -0.2) is 4.98 Å². The molecular formula is C16H14N2. The van der Waals surface area contributed by atoms with Crippen molar-refractivity contribution in [3.63, 3.8) is 0 Å². The van der Waals surface area contributed by atoms with Crippen molar-refractivity contribution >= 4 is 10.9 Å². The predicted molar refractivity (Wildman–Crippen MR) is 74.2 cm³/mol. The molecule has 0 aliphatic heterocycles. The van der Waals surface area contributed by atoms with E-state index in [0.29, 0.717) is 0 Å². The first-order valence-corrected chi connectivity index (χ1v) is 6.00. The van der Waals surface area contributed by atoms with Crippen LogP contribution >= 0.6 is 0 Å². The molecule has 1 atom stereocenters. The van der Waals surface area contributed by atoms with Crippen LogP contribution in [0.5, 0.6) is 0 Å². The molecule has 0 fully saturated rings. The van der Waals surface area contributed by atoms with Gasteiger partial charge in [-0.2, -0.15) is 0 Å². The van der Waals surface area contributed by atoms with Crippen molar-refractivity contribution < 1.29 is 0 Å². The molecule has 2 N–H and O–H groups in total. The SMILES string of the molecule is NC(c1ccccc1)c1ccnc2ccccc12. The lowest BCUT2D eigenvalue weighted by Crippen LogP contribution is -2.12. The van der Waals surface area contributed by atoms with Crippen LogP contribution in [-0.2, 0) is 0 Å². The van der Waals surface area contributed by atoms with Crippen LogP contribution in [0.3, 0.4) is 0 Å².